The maximum Gasteiger partial charge on any atom is 0.413 e. The van der Waals surface area contributed by atoms with Gasteiger partial charge in [-0.1, -0.05) is 0 Å². The molecule has 120 valence electrons. The van der Waals surface area contributed by atoms with Gasteiger partial charge in [-0.25, -0.2) is 9.59 Å². The summed E-state index contributed by atoms with van der Waals surface area (Å²) in [4.78, 5) is 24.7. The van der Waals surface area contributed by atoms with Crippen LogP contribution in [-0.4, -0.2) is 48.0 Å². The van der Waals surface area contributed by atoms with Crippen LogP contribution in [0.2, 0.25) is 0 Å². The van der Waals surface area contributed by atoms with Crippen LogP contribution in [0.5, 0.6) is 0 Å². The van der Waals surface area contributed by atoms with E-state index in [1.54, 1.807) is 34.6 Å². The Morgan fingerprint density at radius 3 is 2.43 bits per heavy atom. The lowest BCUT2D eigenvalue weighted by Crippen LogP contribution is -2.49. The molecular weight excluding hydrogens is 281 g/mol. The van der Waals surface area contributed by atoms with Crippen molar-refractivity contribution in [1.29, 1.82) is 0 Å². The topological polar surface area (TPSA) is 65.1 Å². The van der Waals surface area contributed by atoms with Crippen LogP contribution in [0.15, 0.2) is 11.9 Å². The van der Waals surface area contributed by atoms with Crippen molar-refractivity contribution in [2.24, 2.45) is 0 Å². The maximum atomic E-state index is 13.6. The van der Waals surface area contributed by atoms with Crippen LogP contribution in [0.3, 0.4) is 0 Å². The smallest absolute Gasteiger partial charge is 0.413 e. The van der Waals surface area contributed by atoms with Crippen molar-refractivity contribution in [3.8, 4) is 0 Å². The fourth-order valence-corrected chi connectivity index (χ4v) is 1.96. The molecule has 1 saturated heterocycles. The van der Waals surface area contributed by atoms with Gasteiger partial charge >= 0.3 is 12.1 Å². The minimum Gasteiger partial charge on any atom is -0.464 e. The number of methoxy groups -OCH3 is 1. The van der Waals surface area contributed by atoms with E-state index in [0.29, 0.717) is 0 Å². The molecule has 0 bridgehead atoms. The van der Waals surface area contributed by atoms with E-state index < -0.39 is 35.3 Å². The Labute approximate surface area is 123 Å². The standard InChI is InChI=1S/C14H22FNO5/c1-13(2,3)21-12(18)16-9(8-20-14(16,4)5)7-10(15)11(17)19-6/h7,9H,8H2,1-6H3/b10-7-/t9-/m0/s1. The SMILES string of the molecule is COC(=O)/C(F)=C/[C@H]1COC(C)(C)N1C(=O)OC(C)(C)C. The van der Waals surface area contributed by atoms with Crippen LogP contribution >= 0.6 is 0 Å². The molecule has 0 unspecified atom stereocenters. The number of halogens is 1. The zero-order valence-electron chi connectivity index (χ0n) is 13.2. The normalized spacial score (nSPS) is 22.1. The first kappa shape index (κ1) is 17.4. The molecule has 0 N–H and O–H groups in total. The van der Waals surface area contributed by atoms with E-state index >= 15 is 0 Å². The summed E-state index contributed by atoms with van der Waals surface area (Å²) in [6, 6.07) is -0.742. The van der Waals surface area contributed by atoms with Crippen molar-refractivity contribution in [2.75, 3.05) is 13.7 Å². The Kier molecular flexibility index (Phi) is 4.99. The minimum atomic E-state index is -1.09. The molecule has 1 amide bonds. The van der Waals surface area contributed by atoms with Gasteiger partial charge in [0.25, 0.3) is 0 Å². The largest absolute Gasteiger partial charge is 0.464 e. The summed E-state index contributed by atoms with van der Waals surface area (Å²) in [7, 11) is 1.08. The molecule has 0 aromatic heterocycles. The second-order valence-corrected chi connectivity index (χ2v) is 6.18. The molecule has 7 heteroatoms. The van der Waals surface area contributed by atoms with Crippen LogP contribution in [0.25, 0.3) is 0 Å². The first-order chi connectivity index (χ1) is 9.48. The van der Waals surface area contributed by atoms with Crippen molar-refractivity contribution in [3.63, 3.8) is 0 Å². The van der Waals surface area contributed by atoms with E-state index in [1.807, 2.05) is 0 Å². The van der Waals surface area contributed by atoms with E-state index in [2.05, 4.69) is 4.74 Å². The molecular formula is C14H22FNO5. The number of ether oxygens (including phenoxy) is 3. The number of rotatable bonds is 2. The van der Waals surface area contributed by atoms with Gasteiger partial charge in [-0.2, -0.15) is 4.39 Å². The predicted octanol–water partition coefficient (Wildman–Crippen LogP) is 2.38. The van der Waals surface area contributed by atoms with Crippen molar-refractivity contribution < 1.29 is 28.2 Å². The molecule has 21 heavy (non-hydrogen) atoms. The summed E-state index contributed by atoms with van der Waals surface area (Å²) in [5.74, 6) is -2.17. The summed E-state index contributed by atoms with van der Waals surface area (Å²) in [5, 5.41) is 0. The molecule has 1 atom stereocenters. The quantitative estimate of drug-likeness (QED) is 0.579. The Hall–Kier alpha value is -1.63. The highest BCUT2D eigenvalue weighted by Gasteiger charge is 2.45. The number of carbonyl (C=O) groups excluding carboxylic acids is 2. The average molecular weight is 303 g/mol. The third-order valence-corrected chi connectivity index (χ3v) is 2.83. The van der Waals surface area contributed by atoms with Crippen molar-refractivity contribution in [1.82, 2.24) is 4.90 Å². The Morgan fingerprint density at radius 2 is 1.95 bits per heavy atom. The van der Waals surface area contributed by atoms with Crippen LogP contribution in [0.4, 0.5) is 9.18 Å². The number of amides is 1. The Morgan fingerprint density at radius 1 is 1.38 bits per heavy atom. The average Bonchev–Trinajstić information content (AvgIpc) is 2.61. The van der Waals surface area contributed by atoms with E-state index in [-0.39, 0.29) is 6.61 Å². The molecule has 1 aliphatic rings. The van der Waals surface area contributed by atoms with Gasteiger partial charge in [0, 0.05) is 0 Å². The van der Waals surface area contributed by atoms with Crippen molar-refractivity contribution in [3.05, 3.63) is 11.9 Å². The molecule has 0 saturated carbocycles. The first-order valence-corrected chi connectivity index (χ1v) is 6.60. The van der Waals surface area contributed by atoms with Crippen molar-refractivity contribution in [2.45, 2.75) is 52.0 Å². The summed E-state index contributed by atoms with van der Waals surface area (Å²) >= 11 is 0. The van der Waals surface area contributed by atoms with Gasteiger partial charge in [0.15, 0.2) is 0 Å². The third kappa shape index (κ3) is 4.42. The molecule has 1 rings (SSSR count). The van der Waals surface area contributed by atoms with E-state index in [0.717, 1.165) is 13.2 Å². The number of hydrogen-bond acceptors (Lipinski definition) is 5. The van der Waals surface area contributed by atoms with E-state index in [4.69, 9.17) is 9.47 Å². The zero-order chi connectivity index (χ0) is 16.4. The lowest BCUT2D eigenvalue weighted by molar-refractivity contribution is -0.137. The van der Waals surface area contributed by atoms with Crippen LogP contribution < -0.4 is 0 Å². The monoisotopic (exact) mass is 303 g/mol. The highest BCUT2D eigenvalue weighted by molar-refractivity contribution is 5.86. The fourth-order valence-electron chi connectivity index (χ4n) is 1.96. The molecule has 0 spiro atoms. The molecule has 0 radical (unpaired) electrons. The van der Waals surface area contributed by atoms with Gasteiger partial charge in [0.1, 0.15) is 11.3 Å². The molecule has 0 aromatic rings. The van der Waals surface area contributed by atoms with E-state index in [1.165, 1.54) is 4.90 Å². The van der Waals surface area contributed by atoms with E-state index in [9.17, 15) is 14.0 Å². The molecule has 1 fully saturated rings. The third-order valence-electron chi connectivity index (χ3n) is 2.83. The molecule has 0 aromatic carbocycles. The Balaban J connectivity index is 3.00. The van der Waals surface area contributed by atoms with Gasteiger partial charge in [-0.15, -0.1) is 0 Å². The number of hydrogen-bond donors (Lipinski definition) is 0. The lowest BCUT2D eigenvalue weighted by Gasteiger charge is -2.34. The van der Waals surface area contributed by atoms with Gasteiger partial charge in [0.2, 0.25) is 5.83 Å². The van der Waals surface area contributed by atoms with Crippen LogP contribution in [0.1, 0.15) is 34.6 Å². The summed E-state index contributed by atoms with van der Waals surface area (Å²) in [6.07, 6.45) is 0.369. The van der Waals surface area contributed by atoms with Gasteiger partial charge in [-0.3, -0.25) is 4.90 Å². The van der Waals surface area contributed by atoms with Gasteiger partial charge in [-0.05, 0) is 40.7 Å². The number of nitrogens with zero attached hydrogens (tertiary/aromatic N) is 1. The summed E-state index contributed by atoms with van der Waals surface area (Å²) in [6.45, 7) is 8.59. The summed E-state index contributed by atoms with van der Waals surface area (Å²) < 4.78 is 28.7. The molecule has 1 heterocycles. The van der Waals surface area contributed by atoms with Crippen LogP contribution in [-0.2, 0) is 19.0 Å². The summed E-state index contributed by atoms with van der Waals surface area (Å²) in [5.41, 5.74) is -1.65. The zero-order valence-corrected chi connectivity index (χ0v) is 13.2. The van der Waals surface area contributed by atoms with Gasteiger partial charge in [0.05, 0.1) is 19.8 Å². The predicted molar refractivity (Wildman–Crippen MR) is 73.1 cm³/mol. The van der Waals surface area contributed by atoms with Gasteiger partial charge < -0.3 is 14.2 Å². The van der Waals surface area contributed by atoms with Crippen LogP contribution in [0, 0.1) is 0 Å². The second-order valence-electron chi connectivity index (χ2n) is 6.18. The lowest BCUT2D eigenvalue weighted by atomic mass is 10.2. The molecule has 0 aliphatic carbocycles. The first-order valence-electron chi connectivity index (χ1n) is 6.60. The highest BCUT2D eigenvalue weighted by atomic mass is 19.1. The molecule has 1 aliphatic heterocycles. The number of carbonyl (C=O) groups is 2. The fraction of sp³-hybridized carbons (Fsp3) is 0.714. The van der Waals surface area contributed by atoms with Crippen molar-refractivity contribution >= 4 is 12.1 Å². The highest BCUT2D eigenvalue weighted by Crippen LogP contribution is 2.30. The number of esters is 1. The second kappa shape index (κ2) is 6.01. The minimum absolute atomic E-state index is 0.0661. The maximum absolute atomic E-state index is 13.6. The molecule has 6 nitrogen and oxygen atoms in total. The Bertz CT molecular complexity index is 453.